The summed E-state index contributed by atoms with van der Waals surface area (Å²) in [5.41, 5.74) is 1.61. The van der Waals surface area contributed by atoms with Gasteiger partial charge in [-0.25, -0.2) is 0 Å². The first-order valence-electron chi connectivity index (χ1n) is 6.04. The number of aryl methyl sites for hydroxylation is 1. The molecule has 2 rings (SSSR count). The molecule has 0 radical (unpaired) electrons. The van der Waals surface area contributed by atoms with Gasteiger partial charge in [0.2, 0.25) is 0 Å². The van der Waals surface area contributed by atoms with Crippen molar-refractivity contribution in [3.8, 4) is 0 Å². The Labute approximate surface area is 102 Å². The summed E-state index contributed by atoms with van der Waals surface area (Å²) in [5, 5.41) is 10.1. The van der Waals surface area contributed by atoms with Crippen molar-refractivity contribution in [3.05, 3.63) is 17.5 Å². The van der Waals surface area contributed by atoms with Gasteiger partial charge in [-0.3, -0.25) is 9.89 Å². The van der Waals surface area contributed by atoms with E-state index in [0.717, 1.165) is 31.6 Å². The first kappa shape index (κ1) is 12.1. The molecule has 5 nitrogen and oxygen atoms in total. The molecule has 17 heavy (non-hydrogen) atoms. The van der Waals surface area contributed by atoms with Gasteiger partial charge < -0.3 is 10.2 Å². The fourth-order valence-corrected chi connectivity index (χ4v) is 2.14. The van der Waals surface area contributed by atoms with Gasteiger partial charge in [-0.1, -0.05) is 0 Å². The van der Waals surface area contributed by atoms with Gasteiger partial charge in [0, 0.05) is 24.3 Å². The molecule has 1 fully saturated rings. The van der Waals surface area contributed by atoms with Crippen LogP contribution in [0.5, 0.6) is 0 Å². The van der Waals surface area contributed by atoms with Crippen molar-refractivity contribution < 1.29 is 4.79 Å². The molecule has 2 N–H and O–H groups in total. The summed E-state index contributed by atoms with van der Waals surface area (Å²) >= 11 is 0. The minimum Gasteiger partial charge on any atom is -0.337 e. The number of rotatable bonds is 2. The normalized spacial score (nSPS) is 19.4. The van der Waals surface area contributed by atoms with Crippen molar-refractivity contribution in [2.45, 2.75) is 32.2 Å². The third-order valence-corrected chi connectivity index (χ3v) is 3.68. The van der Waals surface area contributed by atoms with Gasteiger partial charge in [0.05, 0.1) is 0 Å². The van der Waals surface area contributed by atoms with Crippen LogP contribution < -0.4 is 5.32 Å². The van der Waals surface area contributed by atoms with Crippen molar-refractivity contribution in [1.82, 2.24) is 20.4 Å². The zero-order valence-electron chi connectivity index (χ0n) is 10.7. The molecule has 5 heteroatoms. The molecule has 0 atom stereocenters. The van der Waals surface area contributed by atoms with Gasteiger partial charge in [0.25, 0.3) is 5.91 Å². The molecular formula is C12H20N4O. The number of amides is 1. The molecule has 1 saturated heterocycles. The van der Waals surface area contributed by atoms with Gasteiger partial charge in [0.1, 0.15) is 5.69 Å². The van der Waals surface area contributed by atoms with Gasteiger partial charge in [-0.15, -0.1) is 0 Å². The Hall–Kier alpha value is -1.36. The molecular weight excluding hydrogens is 216 g/mol. The Balaban J connectivity index is 1.99. The summed E-state index contributed by atoms with van der Waals surface area (Å²) in [4.78, 5) is 14.0. The summed E-state index contributed by atoms with van der Waals surface area (Å²) in [6.45, 7) is 5.69. The van der Waals surface area contributed by atoms with Crippen molar-refractivity contribution in [3.63, 3.8) is 0 Å². The maximum atomic E-state index is 12.1. The average Bonchev–Trinajstić information content (AvgIpc) is 2.76. The van der Waals surface area contributed by atoms with Crippen molar-refractivity contribution in [1.29, 1.82) is 0 Å². The molecule has 94 valence electrons. The number of nitrogens with zero attached hydrogens (tertiary/aromatic N) is 2. The smallest absolute Gasteiger partial charge is 0.274 e. The molecule has 2 heterocycles. The standard InChI is InChI=1S/C12H20N4O/c1-9-8-10(15-14-9)11(17)16-6-4-12(2,13-3)5-7-16/h8,13H,4-7H2,1-3H3,(H,14,15). The first-order valence-corrected chi connectivity index (χ1v) is 6.04. The summed E-state index contributed by atoms with van der Waals surface area (Å²) in [7, 11) is 1.98. The van der Waals surface area contributed by atoms with Crippen LogP contribution in [0.3, 0.4) is 0 Å². The number of hydrogen-bond donors (Lipinski definition) is 2. The summed E-state index contributed by atoms with van der Waals surface area (Å²) < 4.78 is 0. The lowest BCUT2D eigenvalue weighted by Gasteiger charge is -2.39. The van der Waals surface area contributed by atoms with E-state index in [2.05, 4.69) is 22.4 Å². The molecule has 1 aromatic rings. The molecule has 0 spiro atoms. The van der Waals surface area contributed by atoms with E-state index < -0.39 is 0 Å². The third-order valence-electron chi connectivity index (χ3n) is 3.68. The predicted octanol–water partition coefficient (Wildman–Crippen LogP) is 0.932. The third kappa shape index (κ3) is 2.49. The summed E-state index contributed by atoms with van der Waals surface area (Å²) in [5.74, 6) is 0.0347. The molecule has 0 aliphatic carbocycles. The van der Waals surface area contributed by atoms with Crippen molar-refractivity contribution in [2.24, 2.45) is 0 Å². The molecule has 1 amide bonds. The minimum atomic E-state index is 0.0347. The molecule has 0 saturated carbocycles. The van der Waals surface area contributed by atoms with Crippen LogP contribution in [0.2, 0.25) is 0 Å². The van der Waals surface area contributed by atoms with E-state index >= 15 is 0 Å². The molecule has 0 unspecified atom stereocenters. The van der Waals surface area contributed by atoms with E-state index in [-0.39, 0.29) is 11.4 Å². The van der Waals surface area contributed by atoms with Crippen LogP contribution in [0.25, 0.3) is 0 Å². The van der Waals surface area contributed by atoms with Crippen molar-refractivity contribution >= 4 is 5.91 Å². The number of carbonyl (C=O) groups is 1. The van der Waals surface area contributed by atoms with Crippen LogP contribution in [-0.2, 0) is 0 Å². The maximum Gasteiger partial charge on any atom is 0.274 e. The molecule has 1 aliphatic heterocycles. The van der Waals surface area contributed by atoms with Gasteiger partial charge in [-0.2, -0.15) is 5.10 Å². The zero-order chi connectivity index (χ0) is 12.5. The fourth-order valence-electron chi connectivity index (χ4n) is 2.14. The van der Waals surface area contributed by atoms with Crippen LogP contribution in [0.1, 0.15) is 35.9 Å². The highest BCUT2D eigenvalue weighted by atomic mass is 16.2. The lowest BCUT2D eigenvalue weighted by atomic mass is 9.90. The quantitative estimate of drug-likeness (QED) is 0.803. The van der Waals surface area contributed by atoms with E-state index in [4.69, 9.17) is 0 Å². The second-order valence-corrected chi connectivity index (χ2v) is 5.04. The Kier molecular flexibility index (Phi) is 3.19. The summed E-state index contributed by atoms with van der Waals surface area (Å²) in [6, 6.07) is 1.80. The number of H-pyrrole nitrogens is 1. The topological polar surface area (TPSA) is 61.0 Å². The largest absolute Gasteiger partial charge is 0.337 e. The molecule has 1 aliphatic rings. The van der Waals surface area contributed by atoms with Crippen LogP contribution >= 0.6 is 0 Å². The zero-order valence-corrected chi connectivity index (χ0v) is 10.7. The highest BCUT2D eigenvalue weighted by Gasteiger charge is 2.31. The van der Waals surface area contributed by atoms with E-state index in [0.29, 0.717) is 5.69 Å². The number of hydrogen-bond acceptors (Lipinski definition) is 3. The average molecular weight is 236 g/mol. The fraction of sp³-hybridized carbons (Fsp3) is 0.667. The van der Waals surface area contributed by atoms with Crippen LogP contribution in [0.15, 0.2) is 6.07 Å². The number of aromatic amines is 1. The van der Waals surface area contributed by atoms with Gasteiger partial charge in [0.15, 0.2) is 0 Å². The van der Waals surface area contributed by atoms with Crippen molar-refractivity contribution in [2.75, 3.05) is 20.1 Å². The minimum absolute atomic E-state index is 0.0347. The highest BCUT2D eigenvalue weighted by molar-refractivity contribution is 5.92. The summed E-state index contributed by atoms with van der Waals surface area (Å²) in [6.07, 6.45) is 1.97. The number of likely N-dealkylation sites (tertiary alicyclic amines) is 1. The first-order chi connectivity index (χ1) is 8.04. The second-order valence-electron chi connectivity index (χ2n) is 5.04. The van der Waals surface area contributed by atoms with E-state index in [1.165, 1.54) is 0 Å². The number of carbonyl (C=O) groups excluding carboxylic acids is 1. The van der Waals surface area contributed by atoms with Gasteiger partial charge in [-0.05, 0) is 39.8 Å². The molecule has 0 aromatic carbocycles. The second kappa shape index (κ2) is 4.49. The van der Waals surface area contributed by atoms with Gasteiger partial charge >= 0.3 is 0 Å². The lowest BCUT2D eigenvalue weighted by molar-refractivity contribution is 0.0656. The Morgan fingerprint density at radius 1 is 1.53 bits per heavy atom. The lowest BCUT2D eigenvalue weighted by Crippen LogP contribution is -2.51. The SMILES string of the molecule is CNC1(C)CCN(C(=O)c2cc(C)[nH]n2)CC1. The monoisotopic (exact) mass is 236 g/mol. The Bertz CT molecular complexity index is 404. The number of nitrogens with one attached hydrogen (secondary N) is 2. The van der Waals surface area contributed by atoms with Crippen LogP contribution in [0, 0.1) is 6.92 Å². The Morgan fingerprint density at radius 2 is 2.18 bits per heavy atom. The number of aromatic nitrogens is 2. The Morgan fingerprint density at radius 3 is 2.65 bits per heavy atom. The number of piperidine rings is 1. The van der Waals surface area contributed by atoms with Crippen LogP contribution in [-0.4, -0.2) is 46.7 Å². The van der Waals surface area contributed by atoms with Crippen LogP contribution in [0.4, 0.5) is 0 Å². The van der Waals surface area contributed by atoms with E-state index in [9.17, 15) is 4.79 Å². The molecule has 1 aromatic heterocycles. The maximum absolute atomic E-state index is 12.1. The predicted molar refractivity (Wildman–Crippen MR) is 65.9 cm³/mol. The highest BCUT2D eigenvalue weighted by Crippen LogP contribution is 2.22. The van der Waals surface area contributed by atoms with E-state index in [1.807, 2.05) is 18.9 Å². The molecule has 0 bridgehead atoms. The van der Waals surface area contributed by atoms with E-state index in [1.54, 1.807) is 6.07 Å².